The molecule has 5 nitrogen and oxygen atoms in total. The van der Waals surface area contributed by atoms with Crippen LogP contribution in [0.4, 0.5) is 5.82 Å². The zero-order valence-electron chi connectivity index (χ0n) is 12.0. The molecule has 0 fully saturated rings. The van der Waals surface area contributed by atoms with Gasteiger partial charge in [0.05, 0.1) is 17.9 Å². The van der Waals surface area contributed by atoms with Crippen LogP contribution in [-0.2, 0) is 12.0 Å². The molecule has 102 valence electrons. The largest absolute Gasteiger partial charge is 0.362 e. The van der Waals surface area contributed by atoms with Gasteiger partial charge in [-0.2, -0.15) is 0 Å². The van der Waals surface area contributed by atoms with Gasteiger partial charge in [0.15, 0.2) is 0 Å². The molecule has 0 aliphatic rings. The van der Waals surface area contributed by atoms with Crippen molar-refractivity contribution in [2.24, 2.45) is 0 Å². The van der Waals surface area contributed by atoms with E-state index in [1.807, 2.05) is 13.8 Å². The maximum Gasteiger partial charge on any atom is 0.148 e. The first-order valence-electron chi connectivity index (χ1n) is 6.23. The quantitative estimate of drug-likeness (QED) is 0.934. The number of aromatic nitrogens is 4. The number of anilines is 1. The van der Waals surface area contributed by atoms with Gasteiger partial charge in [-0.25, -0.2) is 4.98 Å². The van der Waals surface area contributed by atoms with Gasteiger partial charge < -0.3 is 5.32 Å². The third-order valence-corrected chi connectivity index (χ3v) is 3.94. The summed E-state index contributed by atoms with van der Waals surface area (Å²) in [5.41, 5.74) is 1.85. The molecule has 0 unspecified atom stereocenters. The van der Waals surface area contributed by atoms with E-state index < -0.39 is 0 Å². The van der Waals surface area contributed by atoms with Crippen molar-refractivity contribution in [1.29, 1.82) is 0 Å². The lowest BCUT2D eigenvalue weighted by atomic mass is 9.98. The highest BCUT2D eigenvalue weighted by molar-refractivity contribution is 7.11. The van der Waals surface area contributed by atoms with Gasteiger partial charge in [-0.15, -0.1) is 10.2 Å². The first-order valence-corrected chi connectivity index (χ1v) is 7.05. The molecule has 0 spiro atoms. The van der Waals surface area contributed by atoms with Crippen LogP contribution in [0.5, 0.6) is 0 Å². The highest BCUT2D eigenvalue weighted by Gasteiger charge is 2.19. The fourth-order valence-electron chi connectivity index (χ4n) is 1.49. The van der Waals surface area contributed by atoms with Crippen molar-refractivity contribution < 1.29 is 0 Å². The van der Waals surface area contributed by atoms with Crippen molar-refractivity contribution in [1.82, 2.24) is 20.2 Å². The van der Waals surface area contributed by atoms with Crippen molar-refractivity contribution in [3.8, 4) is 0 Å². The first kappa shape index (κ1) is 13.9. The van der Waals surface area contributed by atoms with E-state index in [-0.39, 0.29) is 5.41 Å². The van der Waals surface area contributed by atoms with E-state index in [0.717, 1.165) is 27.2 Å². The normalized spacial score (nSPS) is 11.6. The Balaban J connectivity index is 2.06. The van der Waals surface area contributed by atoms with Gasteiger partial charge in [-0.3, -0.25) is 4.98 Å². The fourth-order valence-corrected chi connectivity index (χ4v) is 2.33. The highest BCUT2D eigenvalue weighted by atomic mass is 32.1. The Kier molecular flexibility index (Phi) is 3.80. The summed E-state index contributed by atoms with van der Waals surface area (Å²) < 4.78 is 0. The maximum absolute atomic E-state index is 4.43. The lowest BCUT2D eigenvalue weighted by molar-refractivity contribution is 0.578. The molecule has 19 heavy (non-hydrogen) atoms. The SMILES string of the molecule is Cc1cnc(C)c(NCc2nnc(C(C)(C)C)s2)n1. The molecule has 0 aromatic carbocycles. The zero-order chi connectivity index (χ0) is 14.0. The number of nitrogens with one attached hydrogen (secondary N) is 1. The van der Waals surface area contributed by atoms with E-state index in [1.165, 1.54) is 0 Å². The number of aryl methyl sites for hydroxylation is 2. The Bertz CT molecular complexity index is 571. The zero-order valence-corrected chi connectivity index (χ0v) is 12.8. The second-order valence-corrected chi connectivity index (χ2v) is 6.61. The van der Waals surface area contributed by atoms with Crippen molar-refractivity contribution in [3.05, 3.63) is 27.6 Å². The Morgan fingerprint density at radius 2 is 1.95 bits per heavy atom. The van der Waals surface area contributed by atoms with Crippen LogP contribution in [0.25, 0.3) is 0 Å². The molecule has 0 bridgehead atoms. The standard InChI is InChI=1S/C13H19N5S/c1-8-6-14-9(2)11(16-8)15-7-10-17-18-12(19-10)13(3,4)5/h6H,7H2,1-5H3,(H,15,16). The van der Waals surface area contributed by atoms with Crippen LogP contribution in [-0.4, -0.2) is 20.2 Å². The van der Waals surface area contributed by atoms with E-state index in [9.17, 15) is 0 Å². The topological polar surface area (TPSA) is 63.6 Å². The van der Waals surface area contributed by atoms with Crippen LogP contribution < -0.4 is 5.32 Å². The smallest absolute Gasteiger partial charge is 0.148 e. The van der Waals surface area contributed by atoms with E-state index in [2.05, 4.69) is 46.3 Å². The Morgan fingerprint density at radius 1 is 1.21 bits per heavy atom. The lowest BCUT2D eigenvalue weighted by Gasteiger charge is -2.12. The molecule has 0 saturated heterocycles. The predicted molar refractivity (Wildman–Crippen MR) is 77.4 cm³/mol. The Morgan fingerprint density at radius 3 is 2.58 bits per heavy atom. The van der Waals surface area contributed by atoms with E-state index in [0.29, 0.717) is 6.54 Å². The molecule has 0 aliphatic heterocycles. The number of hydrogen-bond donors (Lipinski definition) is 1. The monoisotopic (exact) mass is 277 g/mol. The van der Waals surface area contributed by atoms with Crippen molar-refractivity contribution in [3.63, 3.8) is 0 Å². The van der Waals surface area contributed by atoms with Gasteiger partial charge in [0.25, 0.3) is 0 Å². The average Bonchev–Trinajstić information content (AvgIpc) is 2.79. The second-order valence-electron chi connectivity index (χ2n) is 5.55. The summed E-state index contributed by atoms with van der Waals surface area (Å²) in [6.45, 7) is 10.9. The van der Waals surface area contributed by atoms with Crippen LogP contribution in [0.2, 0.25) is 0 Å². The summed E-state index contributed by atoms with van der Waals surface area (Å²) in [6, 6.07) is 0. The van der Waals surface area contributed by atoms with Crippen LogP contribution in [0.15, 0.2) is 6.20 Å². The molecule has 0 saturated carbocycles. The van der Waals surface area contributed by atoms with Crippen LogP contribution >= 0.6 is 11.3 Å². The minimum Gasteiger partial charge on any atom is -0.362 e. The summed E-state index contributed by atoms with van der Waals surface area (Å²) in [6.07, 6.45) is 1.77. The number of nitrogens with zero attached hydrogens (tertiary/aromatic N) is 4. The molecule has 2 aromatic rings. The second kappa shape index (κ2) is 5.21. The summed E-state index contributed by atoms with van der Waals surface area (Å²) in [5, 5.41) is 13.7. The average molecular weight is 277 g/mol. The van der Waals surface area contributed by atoms with Crippen molar-refractivity contribution >= 4 is 17.2 Å². The first-order chi connectivity index (χ1) is 8.86. The van der Waals surface area contributed by atoms with Crippen molar-refractivity contribution in [2.45, 2.75) is 46.6 Å². The summed E-state index contributed by atoms with van der Waals surface area (Å²) >= 11 is 1.64. The summed E-state index contributed by atoms with van der Waals surface area (Å²) in [5.74, 6) is 0.813. The Hall–Kier alpha value is -1.56. The molecule has 0 atom stereocenters. The third-order valence-electron chi connectivity index (χ3n) is 2.59. The van der Waals surface area contributed by atoms with Gasteiger partial charge in [0.2, 0.25) is 0 Å². The third kappa shape index (κ3) is 3.47. The highest BCUT2D eigenvalue weighted by Crippen LogP contribution is 2.25. The lowest BCUT2D eigenvalue weighted by Crippen LogP contribution is -2.10. The molecular weight excluding hydrogens is 258 g/mol. The van der Waals surface area contributed by atoms with E-state index in [1.54, 1.807) is 17.5 Å². The summed E-state index contributed by atoms with van der Waals surface area (Å²) in [7, 11) is 0. The molecule has 1 N–H and O–H groups in total. The maximum atomic E-state index is 4.43. The minimum atomic E-state index is 0.0506. The van der Waals surface area contributed by atoms with Gasteiger partial charge in [0.1, 0.15) is 15.8 Å². The van der Waals surface area contributed by atoms with Crippen LogP contribution in [0.1, 0.15) is 42.2 Å². The van der Waals surface area contributed by atoms with Crippen molar-refractivity contribution in [2.75, 3.05) is 5.32 Å². The van der Waals surface area contributed by atoms with Crippen LogP contribution in [0.3, 0.4) is 0 Å². The molecular formula is C13H19N5S. The van der Waals surface area contributed by atoms with Gasteiger partial charge in [-0.1, -0.05) is 32.1 Å². The fraction of sp³-hybridized carbons (Fsp3) is 0.538. The predicted octanol–water partition coefficient (Wildman–Crippen LogP) is 2.85. The molecule has 0 radical (unpaired) electrons. The molecule has 2 heterocycles. The molecule has 2 rings (SSSR count). The number of rotatable bonds is 3. The van der Waals surface area contributed by atoms with Gasteiger partial charge >= 0.3 is 0 Å². The van der Waals surface area contributed by atoms with E-state index in [4.69, 9.17) is 0 Å². The van der Waals surface area contributed by atoms with Gasteiger partial charge in [0, 0.05) is 11.6 Å². The molecule has 0 amide bonds. The molecule has 2 aromatic heterocycles. The summed E-state index contributed by atoms with van der Waals surface area (Å²) in [4.78, 5) is 8.70. The minimum absolute atomic E-state index is 0.0506. The molecule has 6 heteroatoms. The van der Waals surface area contributed by atoms with Crippen LogP contribution in [0, 0.1) is 13.8 Å². The number of hydrogen-bond acceptors (Lipinski definition) is 6. The van der Waals surface area contributed by atoms with Gasteiger partial charge in [-0.05, 0) is 13.8 Å². The van der Waals surface area contributed by atoms with E-state index >= 15 is 0 Å². The Labute approximate surface area is 117 Å². The molecule has 0 aliphatic carbocycles.